The van der Waals surface area contributed by atoms with E-state index in [4.69, 9.17) is 4.74 Å². The lowest BCUT2D eigenvalue weighted by Gasteiger charge is -2.18. The van der Waals surface area contributed by atoms with Gasteiger partial charge in [-0.2, -0.15) is 5.10 Å². The Morgan fingerprint density at radius 3 is 2.76 bits per heavy atom. The Hall–Kier alpha value is -1.36. The molecule has 0 atom stereocenters. The van der Waals surface area contributed by atoms with Crippen LogP contribution in [0.2, 0.25) is 0 Å². The zero-order chi connectivity index (χ0) is 12.9. The van der Waals surface area contributed by atoms with Crippen LogP contribution in [0.3, 0.4) is 0 Å². The molecule has 1 aromatic heterocycles. The molecule has 0 amide bonds. The normalized spacial score (nSPS) is 11.5. The highest BCUT2D eigenvalue weighted by Crippen LogP contribution is 2.12. The highest BCUT2D eigenvalue weighted by atomic mass is 16.5. The molecule has 0 saturated heterocycles. The monoisotopic (exact) mass is 239 g/mol. The van der Waals surface area contributed by atoms with E-state index in [0.29, 0.717) is 13.2 Å². The number of nitrogens with zero attached hydrogens (tertiary/aromatic N) is 2. The fraction of sp³-hybridized carbons (Fsp3) is 0.667. The van der Waals surface area contributed by atoms with Gasteiger partial charge in [-0.1, -0.05) is 0 Å². The minimum Gasteiger partial charge on any atom is -0.465 e. The number of carbonyl (C=O) groups is 1. The maximum Gasteiger partial charge on any atom is 0.319 e. The summed E-state index contributed by atoms with van der Waals surface area (Å²) in [6.07, 6.45) is 3.79. The summed E-state index contributed by atoms with van der Waals surface area (Å²) in [6, 6.07) is 0. The van der Waals surface area contributed by atoms with Crippen LogP contribution in [0, 0.1) is 0 Å². The van der Waals surface area contributed by atoms with Crippen LogP contribution in [0.25, 0.3) is 0 Å². The maximum atomic E-state index is 11.1. The quantitative estimate of drug-likeness (QED) is 0.787. The minimum absolute atomic E-state index is 0.0145. The van der Waals surface area contributed by atoms with Gasteiger partial charge in [-0.3, -0.25) is 9.48 Å². The van der Waals surface area contributed by atoms with E-state index in [1.54, 1.807) is 6.92 Å². The van der Waals surface area contributed by atoms with Crippen LogP contribution < -0.4 is 5.32 Å². The highest BCUT2D eigenvalue weighted by molar-refractivity contribution is 5.71. The summed E-state index contributed by atoms with van der Waals surface area (Å²) in [6.45, 7) is 9.35. The first-order valence-electron chi connectivity index (χ1n) is 5.84. The predicted octanol–water partition coefficient (Wildman–Crippen LogP) is 1.29. The van der Waals surface area contributed by atoms with Crippen molar-refractivity contribution < 1.29 is 9.53 Å². The number of carbonyl (C=O) groups excluding carboxylic acids is 1. The molecule has 0 bridgehead atoms. The lowest BCUT2D eigenvalue weighted by atomic mass is 10.1. The van der Waals surface area contributed by atoms with Crippen LogP contribution in [0.5, 0.6) is 0 Å². The molecular formula is C12H21N3O2. The van der Waals surface area contributed by atoms with Gasteiger partial charge in [0.05, 0.1) is 24.9 Å². The van der Waals surface area contributed by atoms with Crippen LogP contribution in [-0.4, -0.2) is 28.9 Å². The van der Waals surface area contributed by atoms with Crippen molar-refractivity contribution in [2.45, 2.75) is 39.8 Å². The van der Waals surface area contributed by atoms with Gasteiger partial charge in [0.2, 0.25) is 0 Å². The summed E-state index contributed by atoms with van der Waals surface area (Å²) >= 11 is 0. The number of hydrogen-bond donors (Lipinski definition) is 1. The molecule has 17 heavy (non-hydrogen) atoms. The van der Waals surface area contributed by atoms with E-state index in [-0.39, 0.29) is 18.1 Å². The first-order chi connectivity index (χ1) is 7.93. The average molecular weight is 239 g/mol. The van der Waals surface area contributed by atoms with Gasteiger partial charge in [0.1, 0.15) is 0 Å². The van der Waals surface area contributed by atoms with E-state index in [1.165, 1.54) is 0 Å². The number of hydrogen-bond acceptors (Lipinski definition) is 4. The van der Waals surface area contributed by atoms with Crippen molar-refractivity contribution in [2.75, 3.05) is 13.2 Å². The molecule has 0 aliphatic heterocycles. The van der Waals surface area contributed by atoms with Gasteiger partial charge in [0.15, 0.2) is 0 Å². The largest absolute Gasteiger partial charge is 0.465 e. The Kier molecular flexibility index (Phi) is 4.69. The summed E-state index contributed by atoms with van der Waals surface area (Å²) in [5.41, 5.74) is 1.04. The predicted molar refractivity (Wildman–Crippen MR) is 65.6 cm³/mol. The highest BCUT2D eigenvalue weighted by Gasteiger charge is 2.13. The zero-order valence-corrected chi connectivity index (χ0v) is 11.0. The second kappa shape index (κ2) is 5.82. The van der Waals surface area contributed by atoms with Crippen molar-refractivity contribution in [3.8, 4) is 0 Å². The average Bonchev–Trinajstić information content (AvgIpc) is 2.66. The second-order valence-electron chi connectivity index (χ2n) is 4.87. The molecule has 0 saturated carbocycles. The summed E-state index contributed by atoms with van der Waals surface area (Å²) in [5, 5.41) is 7.31. The molecule has 1 aromatic rings. The van der Waals surface area contributed by atoms with Crippen molar-refractivity contribution in [3.63, 3.8) is 0 Å². The Balaban J connectivity index is 2.38. The molecule has 0 aliphatic carbocycles. The Bertz CT molecular complexity index is 366. The number of aromatic nitrogens is 2. The molecule has 0 fully saturated rings. The van der Waals surface area contributed by atoms with Crippen molar-refractivity contribution >= 4 is 5.97 Å². The Morgan fingerprint density at radius 2 is 2.24 bits per heavy atom. The van der Waals surface area contributed by atoms with Crippen molar-refractivity contribution in [1.82, 2.24) is 15.1 Å². The third-order valence-electron chi connectivity index (χ3n) is 2.23. The van der Waals surface area contributed by atoms with Crippen LogP contribution in [-0.2, 0) is 21.6 Å². The molecule has 5 heteroatoms. The number of nitrogens with one attached hydrogen (secondary N) is 1. The van der Waals surface area contributed by atoms with E-state index in [2.05, 4.69) is 31.2 Å². The molecule has 0 aromatic carbocycles. The molecule has 96 valence electrons. The fourth-order valence-corrected chi connectivity index (χ4v) is 1.34. The first kappa shape index (κ1) is 13.7. The number of rotatable bonds is 5. The van der Waals surface area contributed by atoms with E-state index < -0.39 is 0 Å². The van der Waals surface area contributed by atoms with Crippen LogP contribution in [0.15, 0.2) is 12.4 Å². The van der Waals surface area contributed by atoms with Gasteiger partial charge in [0.25, 0.3) is 0 Å². The molecule has 5 nitrogen and oxygen atoms in total. The fourth-order valence-electron chi connectivity index (χ4n) is 1.34. The third kappa shape index (κ3) is 4.56. The summed E-state index contributed by atoms with van der Waals surface area (Å²) in [4.78, 5) is 11.1. The third-order valence-corrected chi connectivity index (χ3v) is 2.23. The van der Waals surface area contributed by atoms with Crippen molar-refractivity contribution in [2.24, 2.45) is 0 Å². The molecular weight excluding hydrogens is 218 g/mol. The number of esters is 1. The topological polar surface area (TPSA) is 56.1 Å². The van der Waals surface area contributed by atoms with E-state index in [1.807, 2.05) is 17.1 Å². The molecule has 1 heterocycles. The summed E-state index contributed by atoms with van der Waals surface area (Å²) in [5.74, 6) is -0.226. The molecule has 0 spiro atoms. The Morgan fingerprint density at radius 1 is 1.53 bits per heavy atom. The van der Waals surface area contributed by atoms with Crippen LogP contribution in [0.4, 0.5) is 0 Å². The lowest BCUT2D eigenvalue weighted by molar-refractivity contribution is -0.142. The van der Waals surface area contributed by atoms with E-state index in [9.17, 15) is 4.79 Å². The Labute approximate surface area is 102 Å². The van der Waals surface area contributed by atoms with Crippen LogP contribution >= 0.6 is 0 Å². The van der Waals surface area contributed by atoms with Gasteiger partial charge in [0, 0.05) is 18.3 Å². The zero-order valence-electron chi connectivity index (χ0n) is 11.0. The van der Waals surface area contributed by atoms with Gasteiger partial charge >= 0.3 is 5.97 Å². The van der Waals surface area contributed by atoms with Crippen molar-refractivity contribution in [3.05, 3.63) is 18.0 Å². The summed E-state index contributed by atoms with van der Waals surface area (Å²) in [7, 11) is 0. The summed E-state index contributed by atoms with van der Waals surface area (Å²) < 4.78 is 6.73. The van der Waals surface area contributed by atoms with Gasteiger partial charge in [-0.25, -0.2) is 0 Å². The minimum atomic E-state index is -0.226. The SMILES string of the molecule is CCOC(=O)CNCc1cnn(C(C)(C)C)c1. The molecule has 0 aliphatic rings. The van der Waals surface area contributed by atoms with E-state index in [0.717, 1.165) is 5.56 Å². The van der Waals surface area contributed by atoms with E-state index >= 15 is 0 Å². The van der Waals surface area contributed by atoms with Crippen molar-refractivity contribution in [1.29, 1.82) is 0 Å². The molecule has 1 rings (SSSR count). The molecule has 0 radical (unpaired) electrons. The van der Waals surface area contributed by atoms with Gasteiger partial charge in [-0.15, -0.1) is 0 Å². The van der Waals surface area contributed by atoms with Gasteiger partial charge in [-0.05, 0) is 27.7 Å². The van der Waals surface area contributed by atoms with Gasteiger partial charge < -0.3 is 10.1 Å². The number of ether oxygens (including phenoxy) is 1. The molecule has 1 N–H and O–H groups in total. The molecule has 0 unspecified atom stereocenters. The first-order valence-corrected chi connectivity index (χ1v) is 5.84. The maximum absolute atomic E-state index is 11.1. The second-order valence-corrected chi connectivity index (χ2v) is 4.87. The van der Waals surface area contributed by atoms with Crippen LogP contribution in [0.1, 0.15) is 33.3 Å². The smallest absolute Gasteiger partial charge is 0.319 e. The lowest BCUT2D eigenvalue weighted by Crippen LogP contribution is -2.24. The standard InChI is InChI=1S/C12H21N3O2/c1-5-17-11(16)8-13-6-10-7-14-15(9-10)12(2,3)4/h7,9,13H,5-6,8H2,1-4H3.